The number of ether oxygens (including phenoxy) is 1. The zero-order valence-electron chi connectivity index (χ0n) is 17.4. The molecule has 5 nitrogen and oxygen atoms in total. The molecule has 1 aliphatic heterocycles. The molecule has 0 spiro atoms. The maximum Gasteiger partial charge on any atom is 0.226 e. The van der Waals surface area contributed by atoms with Gasteiger partial charge in [-0.25, -0.2) is 4.98 Å². The minimum Gasteiger partial charge on any atom is -0.486 e. The lowest BCUT2D eigenvalue weighted by Crippen LogP contribution is -2.38. The number of benzene rings is 2. The van der Waals surface area contributed by atoms with E-state index < -0.39 is 0 Å². The van der Waals surface area contributed by atoms with Crippen LogP contribution in [0.1, 0.15) is 28.8 Å². The first-order valence-electron chi connectivity index (χ1n) is 10.3. The molecule has 1 aliphatic rings. The van der Waals surface area contributed by atoms with E-state index in [1.807, 2.05) is 36.6 Å². The monoisotopic (exact) mass is 421 g/mol. The van der Waals surface area contributed by atoms with Gasteiger partial charge in [0.15, 0.2) is 0 Å². The number of thiazole rings is 1. The number of para-hydroxylation sites is 1. The molecule has 0 saturated heterocycles. The fourth-order valence-electron chi connectivity index (χ4n) is 3.79. The van der Waals surface area contributed by atoms with Crippen LogP contribution in [0.3, 0.4) is 0 Å². The van der Waals surface area contributed by atoms with Gasteiger partial charge >= 0.3 is 0 Å². The van der Waals surface area contributed by atoms with Gasteiger partial charge in [-0.3, -0.25) is 4.79 Å². The molecule has 1 amide bonds. The molecule has 0 fully saturated rings. The number of hydrogen-bond acceptors (Lipinski definition) is 5. The maximum absolute atomic E-state index is 12.3. The Morgan fingerprint density at radius 1 is 1.23 bits per heavy atom. The number of rotatable bonds is 8. The zero-order valence-corrected chi connectivity index (χ0v) is 18.2. The second-order valence-corrected chi connectivity index (χ2v) is 8.68. The molecule has 0 radical (unpaired) electrons. The Bertz CT molecular complexity index is 1000. The van der Waals surface area contributed by atoms with E-state index in [9.17, 15) is 4.79 Å². The number of nitrogens with one attached hydrogen (secondary N) is 1. The van der Waals surface area contributed by atoms with Gasteiger partial charge < -0.3 is 15.0 Å². The van der Waals surface area contributed by atoms with E-state index in [1.165, 1.54) is 28.2 Å². The SMILES string of the molecule is Cc1ccc(OCc2nc(CC(=O)NCCN3c4ccccc4CC3C)cs2)cc1. The van der Waals surface area contributed by atoms with Gasteiger partial charge in [0.2, 0.25) is 5.91 Å². The Kier molecular flexibility index (Phi) is 6.33. The highest BCUT2D eigenvalue weighted by atomic mass is 32.1. The standard InChI is InChI=1S/C24H27N3O2S/c1-17-7-9-21(10-8-17)29-15-24-26-20(16-30-24)14-23(28)25-11-12-27-18(2)13-19-5-3-4-6-22(19)27/h3-10,16,18H,11-15H2,1-2H3,(H,25,28). The Labute approximate surface area is 181 Å². The van der Waals surface area contributed by atoms with Crippen molar-refractivity contribution in [3.8, 4) is 5.75 Å². The van der Waals surface area contributed by atoms with Crippen LogP contribution in [0.5, 0.6) is 5.75 Å². The van der Waals surface area contributed by atoms with Crippen molar-refractivity contribution in [2.75, 3.05) is 18.0 Å². The van der Waals surface area contributed by atoms with Crippen molar-refractivity contribution in [3.05, 3.63) is 75.7 Å². The predicted octanol–water partition coefficient (Wildman–Crippen LogP) is 4.14. The third-order valence-corrected chi connectivity index (χ3v) is 6.22. The lowest BCUT2D eigenvalue weighted by Gasteiger charge is -2.25. The largest absolute Gasteiger partial charge is 0.486 e. The van der Waals surface area contributed by atoms with Gasteiger partial charge in [0.25, 0.3) is 0 Å². The summed E-state index contributed by atoms with van der Waals surface area (Å²) >= 11 is 1.53. The first-order chi connectivity index (χ1) is 14.6. The van der Waals surface area contributed by atoms with E-state index in [0.717, 1.165) is 29.4 Å². The van der Waals surface area contributed by atoms with Crippen LogP contribution in [0.15, 0.2) is 53.9 Å². The van der Waals surface area contributed by atoms with Gasteiger partial charge in [-0.15, -0.1) is 11.3 Å². The molecule has 0 aliphatic carbocycles. The van der Waals surface area contributed by atoms with Gasteiger partial charge in [0.1, 0.15) is 17.4 Å². The summed E-state index contributed by atoms with van der Waals surface area (Å²) in [7, 11) is 0. The number of anilines is 1. The van der Waals surface area contributed by atoms with E-state index in [2.05, 4.69) is 46.4 Å². The molecule has 3 aromatic rings. The van der Waals surface area contributed by atoms with Crippen LogP contribution in [-0.2, 0) is 24.2 Å². The second kappa shape index (κ2) is 9.30. The molecule has 0 bridgehead atoms. The van der Waals surface area contributed by atoms with Crippen LogP contribution in [0, 0.1) is 6.92 Å². The van der Waals surface area contributed by atoms with Crippen molar-refractivity contribution >= 4 is 22.9 Å². The summed E-state index contributed by atoms with van der Waals surface area (Å²) < 4.78 is 5.77. The lowest BCUT2D eigenvalue weighted by molar-refractivity contribution is -0.120. The first-order valence-corrected chi connectivity index (χ1v) is 11.2. The highest BCUT2D eigenvalue weighted by molar-refractivity contribution is 7.09. The first kappa shape index (κ1) is 20.4. The second-order valence-electron chi connectivity index (χ2n) is 7.74. The van der Waals surface area contributed by atoms with Gasteiger partial charge in [-0.2, -0.15) is 0 Å². The number of nitrogens with zero attached hydrogens (tertiary/aromatic N) is 2. The predicted molar refractivity (Wildman–Crippen MR) is 121 cm³/mol. The molecule has 1 aromatic heterocycles. The van der Waals surface area contributed by atoms with E-state index >= 15 is 0 Å². The summed E-state index contributed by atoms with van der Waals surface area (Å²) in [5, 5.41) is 5.85. The number of carbonyl (C=O) groups excluding carboxylic acids is 1. The van der Waals surface area contributed by atoms with Gasteiger partial charge in [0, 0.05) is 30.2 Å². The molecule has 2 heterocycles. The van der Waals surface area contributed by atoms with E-state index in [-0.39, 0.29) is 5.91 Å². The highest BCUT2D eigenvalue weighted by Crippen LogP contribution is 2.31. The van der Waals surface area contributed by atoms with Gasteiger partial charge in [-0.1, -0.05) is 35.9 Å². The normalized spacial score (nSPS) is 15.1. The fraction of sp³-hybridized carbons (Fsp3) is 0.333. The number of hydrogen-bond donors (Lipinski definition) is 1. The topological polar surface area (TPSA) is 54.5 Å². The van der Waals surface area contributed by atoms with Gasteiger partial charge in [-0.05, 0) is 44.0 Å². The third kappa shape index (κ3) is 5.00. The van der Waals surface area contributed by atoms with E-state index in [4.69, 9.17) is 4.74 Å². The summed E-state index contributed by atoms with van der Waals surface area (Å²) in [6.45, 7) is 6.15. The van der Waals surface area contributed by atoms with Crippen LogP contribution in [0.2, 0.25) is 0 Å². The molecule has 6 heteroatoms. The van der Waals surface area contributed by atoms with Crippen molar-refractivity contribution in [3.63, 3.8) is 0 Å². The molecular formula is C24H27N3O2S. The van der Waals surface area contributed by atoms with E-state index in [0.29, 0.717) is 25.6 Å². The lowest BCUT2D eigenvalue weighted by atomic mass is 10.1. The minimum atomic E-state index is 0.00596. The highest BCUT2D eigenvalue weighted by Gasteiger charge is 2.24. The summed E-state index contributed by atoms with van der Waals surface area (Å²) in [5.41, 5.74) is 4.67. The van der Waals surface area contributed by atoms with Crippen molar-refractivity contribution < 1.29 is 9.53 Å². The number of fused-ring (bicyclic) bond motifs is 1. The van der Waals surface area contributed by atoms with Crippen molar-refractivity contribution in [1.29, 1.82) is 0 Å². The van der Waals surface area contributed by atoms with Crippen LogP contribution >= 0.6 is 11.3 Å². The van der Waals surface area contributed by atoms with Crippen LogP contribution in [-0.4, -0.2) is 30.0 Å². The van der Waals surface area contributed by atoms with Crippen molar-refractivity contribution in [1.82, 2.24) is 10.3 Å². The number of carbonyl (C=O) groups is 1. The summed E-state index contributed by atoms with van der Waals surface area (Å²) in [6, 6.07) is 16.9. The fourth-order valence-corrected chi connectivity index (χ4v) is 4.49. The molecule has 4 rings (SSSR count). The molecule has 1 atom stereocenters. The molecule has 2 aromatic carbocycles. The number of amides is 1. The Morgan fingerprint density at radius 3 is 2.87 bits per heavy atom. The zero-order chi connectivity index (χ0) is 20.9. The van der Waals surface area contributed by atoms with Crippen LogP contribution in [0.4, 0.5) is 5.69 Å². The molecule has 1 unspecified atom stereocenters. The quantitative estimate of drug-likeness (QED) is 0.594. The molecule has 0 saturated carbocycles. The van der Waals surface area contributed by atoms with Crippen LogP contribution in [0.25, 0.3) is 0 Å². The maximum atomic E-state index is 12.3. The molecule has 156 valence electrons. The average molecular weight is 422 g/mol. The third-order valence-electron chi connectivity index (χ3n) is 5.35. The Hall–Kier alpha value is -2.86. The average Bonchev–Trinajstić information content (AvgIpc) is 3.31. The summed E-state index contributed by atoms with van der Waals surface area (Å²) in [4.78, 5) is 19.2. The van der Waals surface area contributed by atoms with Crippen LogP contribution < -0.4 is 15.0 Å². The smallest absolute Gasteiger partial charge is 0.226 e. The minimum absolute atomic E-state index is 0.00596. The van der Waals surface area contributed by atoms with Gasteiger partial charge in [0.05, 0.1) is 12.1 Å². The Morgan fingerprint density at radius 2 is 2.03 bits per heavy atom. The Balaban J connectivity index is 1.22. The van der Waals surface area contributed by atoms with Crippen molar-refractivity contribution in [2.45, 2.75) is 39.3 Å². The molecular weight excluding hydrogens is 394 g/mol. The molecule has 1 N–H and O–H groups in total. The summed E-state index contributed by atoms with van der Waals surface area (Å²) in [6.07, 6.45) is 1.36. The van der Waals surface area contributed by atoms with Crippen molar-refractivity contribution in [2.24, 2.45) is 0 Å². The summed E-state index contributed by atoms with van der Waals surface area (Å²) in [5.74, 6) is 0.833. The number of aryl methyl sites for hydroxylation is 1. The molecule has 30 heavy (non-hydrogen) atoms. The number of aromatic nitrogens is 1. The van der Waals surface area contributed by atoms with E-state index in [1.54, 1.807) is 0 Å².